The SMILES string of the molecule is Cl.O=C(NC1(c2ccc(F)c(F)c2)CC1)c1ccc(-c2cnc3ccc(-c4cn[nH]c4)cn23)cc1F. The first-order chi connectivity index (χ1) is 16.9. The Balaban J connectivity index is 0.00000267. The van der Waals surface area contributed by atoms with Crippen molar-refractivity contribution in [1.29, 1.82) is 0 Å². The Bertz CT molecular complexity index is 1590. The largest absolute Gasteiger partial charge is 0.342 e. The minimum absolute atomic E-state index is 0. The molecule has 3 heterocycles. The molecule has 0 unspecified atom stereocenters. The molecule has 182 valence electrons. The van der Waals surface area contributed by atoms with Gasteiger partial charge in [0.05, 0.1) is 29.2 Å². The molecule has 0 bridgehead atoms. The molecule has 0 atom stereocenters. The molecular formula is C26H19ClF3N5O. The molecule has 5 aromatic rings. The van der Waals surface area contributed by atoms with Crippen LogP contribution in [0.4, 0.5) is 13.2 Å². The van der Waals surface area contributed by atoms with Gasteiger partial charge in [-0.05, 0) is 54.8 Å². The summed E-state index contributed by atoms with van der Waals surface area (Å²) in [6.45, 7) is 0. The Morgan fingerprint density at radius 3 is 2.42 bits per heavy atom. The second-order valence-corrected chi connectivity index (χ2v) is 8.64. The number of amides is 1. The average Bonchev–Trinajstić information content (AvgIpc) is 3.25. The highest BCUT2D eigenvalue weighted by atomic mass is 35.5. The van der Waals surface area contributed by atoms with Gasteiger partial charge in [-0.25, -0.2) is 18.2 Å². The van der Waals surface area contributed by atoms with Gasteiger partial charge in [0.15, 0.2) is 11.6 Å². The highest BCUT2D eigenvalue weighted by molar-refractivity contribution is 5.96. The molecule has 6 rings (SSSR count). The van der Waals surface area contributed by atoms with E-state index in [9.17, 15) is 13.6 Å². The van der Waals surface area contributed by atoms with Gasteiger partial charge in [0.25, 0.3) is 5.91 Å². The summed E-state index contributed by atoms with van der Waals surface area (Å²) < 4.78 is 44.0. The topological polar surface area (TPSA) is 75.1 Å². The lowest BCUT2D eigenvalue weighted by Gasteiger charge is -2.18. The molecule has 1 fully saturated rings. The molecule has 0 saturated heterocycles. The maximum Gasteiger partial charge on any atom is 0.254 e. The van der Waals surface area contributed by atoms with Crippen LogP contribution in [0.1, 0.15) is 28.8 Å². The van der Waals surface area contributed by atoms with Crippen LogP contribution in [-0.4, -0.2) is 25.5 Å². The lowest BCUT2D eigenvalue weighted by atomic mass is 10.0. The van der Waals surface area contributed by atoms with Gasteiger partial charge in [-0.15, -0.1) is 12.4 Å². The van der Waals surface area contributed by atoms with Crippen molar-refractivity contribution < 1.29 is 18.0 Å². The van der Waals surface area contributed by atoms with Crippen LogP contribution < -0.4 is 5.32 Å². The molecule has 6 nitrogen and oxygen atoms in total. The Kier molecular flexibility index (Phi) is 5.80. The van der Waals surface area contributed by atoms with Crippen molar-refractivity contribution >= 4 is 24.0 Å². The number of nitrogens with zero attached hydrogens (tertiary/aromatic N) is 3. The van der Waals surface area contributed by atoms with Gasteiger partial charge in [0, 0.05) is 29.1 Å². The summed E-state index contributed by atoms with van der Waals surface area (Å²) in [6.07, 6.45) is 8.13. The number of nitrogens with one attached hydrogen (secondary N) is 2. The number of rotatable bonds is 5. The number of pyridine rings is 1. The van der Waals surface area contributed by atoms with Gasteiger partial charge in [0.2, 0.25) is 0 Å². The number of fused-ring (bicyclic) bond motifs is 1. The molecule has 1 aliphatic carbocycles. The van der Waals surface area contributed by atoms with Crippen LogP contribution in [0.15, 0.2) is 73.3 Å². The van der Waals surface area contributed by atoms with Crippen molar-refractivity contribution in [1.82, 2.24) is 24.9 Å². The van der Waals surface area contributed by atoms with Gasteiger partial charge < -0.3 is 5.32 Å². The normalized spacial score (nSPS) is 13.9. The molecule has 0 aliphatic heterocycles. The predicted molar refractivity (Wildman–Crippen MR) is 130 cm³/mol. The molecule has 1 aliphatic rings. The van der Waals surface area contributed by atoms with Crippen molar-refractivity contribution in [2.24, 2.45) is 0 Å². The second-order valence-electron chi connectivity index (χ2n) is 8.64. The van der Waals surface area contributed by atoms with E-state index in [2.05, 4.69) is 20.5 Å². The van der Waals surface area contributed by atoms with Crippen LogP contribution in [0.3, 0.4) is 0 Å². The Labute approximate surface area is 209 Å². The first-order valence-electron chi connectivity index (χ1n) is 11.0. The Hall–Kier alpha value is -4.11. The number of carbonyl (C=O) groups is 1. The van der Waals surface area contributed by atoms with Crippen LogP contribution >= 0.6 is 12.4 Å². The van der Waals surface area contributed by atoms with E-state index >= 15 is 4.39 Å². The number of H-pyrrole nitrogens is 1. The quantitative estimate of drug-likeness (QED) is 0.321. The van der Waals surface area contributed by atoms with Crippen molar-refractivity contribution in [3.05, 3.63) is 102 Å². The number of halogens is 4. The molecule has 10 heteroatoms. The molecule has 0 spiro atoms. The average molecular weight is 510 g/mol. The lowest BCUT2D eigenvalue weighted by Crippen LogP contribution is -2.35. The van der Waals surface area contributed by atoms with Crippen LogP contribution in [0, 0.1) is 17.5 Å². The fraction of sp³-hybridized carbons (Fsp3) is 0.115. The third-order valence-corrected chi connectivity index (χ3v) is 6.42. The van der Waals surface area contributed by atoms with E-state index < -0.39 is 28.9 Å². The summed E-state index contributed by atoms with van der Waals surface area (Å²) in [4.78, 5) is 17.3. The van der Waals surface area contributed by atoms with Gasteiger partial charge >= 0.3 is 0 Å². The number of imidazole rings is 1. The number of hydrogen-bond acceptors (Lipinski definition) is 3. The number of aromatic nitrogens is 4. The highest BCUT2D eigenvalue weighted by Gasteiger charge is 2.46. The van der Waals surface area contributed by atoms with E-state index in [4.69, 9.17) is 0 Å². The molecule has 2 N–H and O–H groups in total. The molecule has 0 radical (unpaired) electrons. The Morgan fingerprint density at radius 1 is 0.917 bits per heavy atom. The monoisotopic (exact) mass is 509 g/mol. The summed E-state index contributed by atoms with van der Waals surface area (Å²) in [7, 11) is 0. The van der Waals surface area contributed by atoms with Crippen LogP contribution in [0.25, 0.3) is 28.0 Å². The van der Waals surface area contributed by atoms with E-state index in [0.717, 1.165) is 23.3 Å². The zero-order chi connectivity index (χ0) is 24.2. The van der Waals surface area contributed by atoms with Crippen molar-refractivity contribution in [2.45, 2.75) is 18.4 Å². The number of carbonyl (C=O) groups excluding carboxylic acids is 1. The summed E-state index contributed by atoms with van der Waals surface area (Å²) in [5.74, 6) is -3.25. The Morgan fingerprint density at radius 2 is 1.72 bits per heavy atom. The molecule has 1 amide bonds. The zero-order valence-corrected chi connectivity index (χ0v) is 19.5. The van der Waals surface area contributed by atoms with Gasteiger partial charge in [-0.2, -0.15) is 5.10 Å². The standard InChI is InChI=1S/C26H18F3N5O.ClH/c27-20-5-3-18(10-22(20)29)26(7-8-26)33-25(35)19-4-1-15(9-21(19)28)23-13-30-24-6-2-16(14-34(23)24)17-11-31-32-12-17;/h1-6,9-14H,7-8H2,(H,31,32)(H,33,35);1H. The molecule has 2 aromatic carbocycles. The third kappa shape index (κ3) is 4.01. The zero-order valence-electron chi connectivity index (χ0n) is 18.6. The van der Waals surface area contributed by atoms with Crippen molar-refractivity contribution in [2.75, 3.05) is 0 Å². The smallest absolute Gasteiger partial charge is 0.254 e. The molecular weight excluding hydrogens is 491 g/mol. The van der Waals surface area contributed by atoms with Gasteiger partial charge in [-0.1, -0.05) is 12.1 Å². The summed E-state index contributed by atoms with van der Waals surface area (Å²) in [5, 5.41) is 9.55. The summed E-state index contributed by atoms with van der Waals surface area (Å²) in [6, 6.07) is 11.7. The van der Waals surface area contributed by atoms with E-state index in [1.165, 1.54) is 18.2 Å². The van der Waals surface area contributed by atoms with E-state index in [1.54, 1.807) is 24.7 Å². The number of aromatic amines is 1. The third-order valence-electron chi connectivity index (χ3n) is 6.42. The molecule has 3 aromatic heterocycles. The number of hydrogen-bond donors (Lipinski definition) is 2. The van der Waals surface area contributed by atoms with E-state index in [0.29, 0.717) is 35.3 Å². The van der Waals surface area contributed by atoms with Crippen molar-refractivity contribution in [3.63, 3.8) is 0 Å². The van der Waals surface area contributed by atoms with Crippen molar-refractivity contribution in [3.8, 4) is 22.4 Å². The minimum atomic E-state index is -0.984. The summed E-state index contributed by atoms with van der Waals surface area (Å²) >= 11 is 0. The second kappa shape index (κ2) is 8.83. The van der Waals surface area contributed by atoms with Gasteiger partial charge in [0.1, 0.15) is 11.5 Å². The number of benzene rings is 2. The minimum Gasteiger partial charge on any atom is -0.342 e. The fourth-order valence-electron chi connectivity index (χ4n) is 4.32. The van der Waals surface area contributed by atoms with E-state index in [-0.39, 0.29) is 18.0 Å². The maximum absolute atomic E-state index is 15.1. The molecule has 1 saturated carbocycles. The first kappa shape index (κ1) is 23.6. The van der Waals surface area contributed by atoms with Gasteiger partial charge in [-0.3, -0.25) is 14.3 Å². The highest BCUT2D eigenvalue weighted by Crippen LogP contribution is 2.46. The maximum atomic E-state index is 15.1. The fourth-order valence-corrected chi connectivity index (χ4v) is 4.32. The molecule has 36 heavy (non-hydrogen) atoms. The first-order valence-corrected chi connectivity index (χ1v) is 11.0. The van der Waals surface area contributed by atoms with Crippen LogP contribution in [0.2, 0.25) is 0 Å². The van der Waals surface area contributed by atoms with E-state index in [1.807, 2.05) is 22.7 Å². The van der Waals surface area contributed by atoms with Crippen LogP contribution in [0.5, 0.6) is 0 Å². The lowest BCUT2D eigenvalue weighted by molar-refractivity contribution is 0.0926. The predicted octanol–water partition coefficient (Wildman–Crippen LogP) is 5.65. The summed E-state index contributed by atoms with van der Waals surface area (Å²) in [5.41, 5.74) is 3.23. The van der Waals surface area contributed by atoms with Crippen LogP contribution in [-0.2, 0) is 5.54 Å².